The second-order valence-corrected chi connectivity index (χ2v) is 16.3. The van der Waals surface area contributed by atoms with Crippen LogP contribution >= 0.6 is 0 Å². The summed E-state index contributed by atoms with van der Waals surface area (Å²) in [6, 6.07) is 19.3. The molecular weight excluding hydrogens is 866 g/mol. The molecule has 59 heavy (non-hydrogen) atoms. The first-order chi connectivity index (χ1) is 28.3. The van der Waals surface area contributed by atoms with Gasteiger partial charge in [-0.3, -0.25) is 0 Å². The van der Waals surface area contributed by atoms with Crippen LogP contribution in [0.4, 0.5) is 0 Å². The average molecular weight is 949 g/mol. The van der Waals surface area contributed by atoms with E-state index in [2.05, 4.69) is 13.8 Å². The molecule has 0 saturated carbocycles. The van der Waals surface area contributed by atoms with E-state index in [1.807, 2.05) is 60.7 Å². The Morgan fingerprint density at radius 1 is 0.441 bits per heavy atom. The molecule has 2 rings (SSSR count). The van der Waals surface area contributed by atoms with E-state index in [0.717, 1.165) is 101 Å². The molecule has 0 heterocycles. The van der Waals surface area contributed by atoms with Crippen molar-refractivity contribution in [2.75, 3.05) is 0 Å². The van der Waals surface area contributed by atoms with Crippen LogP contribution in [0.3, 0.4) is 0 Å². The quantitative estimate of drug-likeness (QED) is 0.0501. The number of rotatable bonds is 38. The normalized spacial score (nSPS) is 13.1. The first kappa shape index (κ1) is 57.8. The second kappa shape index (κ2) is 42.1. The van der Waals surface area contributed by atoms with Gasteiger partial charge in [0.25, 0.3) is 0 Å². The Hall–Kier alpha value is -1.21. The van der Waals surface area contributed by atoms with E-state index >= 15 is 0 Å². The van der Waals surface area contributed by atoms with Crippen LogP contribution in [-0.4, -0.2) is 95.4 Å². The Bertz CT molecular complexity index is 1110. The maximum Gasteiger partial charge on any atom is 2.00 e. The van der Waals surface area contributed by atoms with Crippen LogP contribution in [0.25, 0.3) is 0 Å². The van der Waals surface area contributed by atoms with Crippen molar-refractivity contribution in [2.24, 2.45) is 0 Å². The number of carboxylic acid groups (broad SMARTS) is 2. The molecule has 0 amide bonds. The third kappa shape index (κ3) is 36.0. The number of ether oxygens (including phenoxy) is 2. The number of unbranched alkanes of at least 4 members (excludes halogenated alkanes) is 18. The zero-order valence-electron chi connectivity index (χ0n) is 37.3. The number of benzene rings is 2. The van der Waals surface area contributed by atoms with Crippen LogP contribution in [-0.2, 0) is 32.3 Å². The molecule has 8 nitrogen and oxygen atoms in total. The van der Waals surface area contributed by atoms with E-state index in [9.17, 15) is 30.0 Å². The van der Waals surface area contributed by atoms with E-state index in [4.69, 9.17) is 9.47 Å². The van der Waals surface area contributed by atoms with E-state index in [-0.39, 0.29) is 61.1 Å². The molecule has 0 aliphatic rings. The first-order valence-electron chi connectivity index (χ1n) is 23.4. The Kier molecular flexibility index (Phi) is 41.2. The molecule has 0 aliphatic heterocycles. The summed E-state index contributed by atoms with van der Waals surface area (Å²) in [6.45, 7) is 5.00. The molecule has 0 radical (unpaired) electrons. The zero-order valence-corrected chi connectivity index (χ0v) is 41.8. The number of carbonyl (C=O) groups is 2. The molecule has 0 aliphatic carbocycles. The predicted octanol–water partition coefficient (Wildman–Crippen LogP) is 9.95. The number of aliphatic carboxylic acids is 2. The molecule has 332 valence electrons. The maximum atomic E-state index is 11.3. The van der Waals surface area contributed by atoms with Crippen molar-refractivity contribution >= 4 is 60.8 Å². The van der Waals surface area contributed by atoms with Crippen molar-refractivity contribution in [3.63, 3.8) is 0 Å². The molecule has 0 aromatic heterocycles. The zero-order chi connectivity index (χ0) is 42.3. The topological polar surface area (TPSA) is 139 Å². The minimum Gasteiger partial charge on any atom is -0.547 e. The van der Waals surface area contributed by atoms with E-state index in [0.29, 0.717) is 26.1 Å². The van der Waals surface area contributed by atoms with Crippen molar-refractivity contribution in [3.05, 3.63) is 71.8 Å². The minimum atomic E-state index is -1.11. The number of carboxylic acids is 2. The van der Waals surface area contributed by atoms with Gasteiger partial charge in [0.05, 0.1) is 49.6 Å². The molecule has 0 spiro atoms. The first-order valence-corrected chi connectivity index (χ1v) is 23.4. The summed E-state index contributed by atoms with van der Waals surface area (Å²) in [4.78, 5) is 22.5. The van der Waals surface area contributed by atoms with Crippen molar-refractivity contribution in [1.82, 2.24) is 0 Å². The molecule has 4 unspecified atom stereocenters. The third-order valence-electron chi connectivity index (χ3n) is 10.9. The van der Waals surface area contributed by atoms with Gasteiger partial charge < -0.3 is 39.5 Å². The minimum absolute atomic E-state index is 0. The maximum absolute atomic E-state index is 11.3. The van der Waals surface area contributed by atoms with E-state index < -0.39 is 24.1 Å². The van der Waals surface area contributed by atoms with Crippen LogP contribution in [0.2, 0.25) is 0 Å². The molecule has 9 heteroatoms. The standard InChI is InChI=1S/2C25H42O4.Ba/c2*1-2-3-11-18-23(26)19-14-8-6-4-5-7-9-15-20-24(25(27)28)29-21-22-16-12-10-13-17-22;/h2*10,12-13,16-17,23-24,26H,2-9,11,14-15,18-21H2,1H3,(H,27,28);/q;;+2/p-2. The number of carbonyl (C=O) groups excluding carboxylic acids is 2. The Balaban J connectivity index is 0.00000112. The predicted molar refractivity (Wildman–Crippen MR) is 238 cm³/mol. The van der Waals surface area contributed by atoms with Crippen molar-refractivity contribution in [2.45, 2.75) is 231 Å². The van der Waals surface area contributed by atoms with Crippen molar-refractivity contribution in [1.29, 1.82) is 0 Å². The summed E-state index contributed by atoms with van der Waals surface area (Å²) in [5.74, 6) is -2.23. The molecule has 0 bridgehead atoms. The fourth-order valence-electron chi connectivity index (χ4n) is 7.17. The fraction of sp³-hybridized carbons (Fsp3) is 0.720. The van der Waals surface area contributed by atoms with Gasteiger partial charge in [-0.05, 0) is 49.7 Å². The number of aliphatic hydroxyl groups excluding tert-OH is 2. The Morgan fingerprint density at radius 3 is 0.966 bits per heavy atom. The third-order valence-corrected chi connectivity index (χ3v) is 10.9. The molecule has 0 saturated heterocycles. The molecule has 2 aromatic carbocycles. The van der Waals surface area contributed by atoms with E-state index in [1.54, 1.807) is 0 Å². The number of hydrogen-bond acceptors (Lipinski definition) is 8. The fourth-order valence-corrected chi connectivity index (χ4v) is 7.17. The number of hydrogen-bond donors (Lipinski definition) is 2. The molecule has 2 N–H and O–H groups in total. The monoisotopic (exact) mass is 949 g/mol. The summed E-state index contributed by atoms with van der Waals surface area (Å²) < 4.78 is 11.1. The van der Waals surface area contributed by atoms with Gasteiger partial charge in [0.1, 0.15) is 0 Å². The van der Waals surface area contributed by atoms with Gasteiger partial charge in [0.2, 0.25) is 0 Å². The SMILES string of the molecule is CCCCCC(O)CCCCCCCCCCC(OCc1ccccc1)C(=O)[O-].CCCCCC(O)CCCCCCCCCCC(OCc1ccccc1)C(=O)[O-].[Ba+2]. The van der Waals surface area contributed by atoms with Crippen LogP contribution in [0.1, 0.15) is 205 Å². The van der Waals surface area contributed by atoms with Gasteiger partial charge in [0.15, 0.2) is 0 Å². The summed E-state index contributed by atoms with van der Waals surface area (Å²) >= 11 is 0. The second-order valence-electron chi connectivity index (χ2n) is 16.3. The van der Waals surface area contributed by atoms with Gasteiger partial charge in [0, 0.05) is 0 Å². The van der Waals surface area contributed by atoms with Gasteiger partial charge in [-0.15, -0.1) is 0 Å². The summed E-state index contributed by atoms with van der Waals surface area (Å²) in [7, 11) is 0. The average Bonchev–Trinajstić information content (AvgIpc) is 3.22. The summed E-state index contributed by atoms with van der Waals surface area (Å²) in [5, 5.41) is 42.3. The van der Waals surface area contributed by atoms with Gasteiger partial charge in [-0.1, -0.05) is 216 Å². The van der Waals surface area contributed by atoms with Crippen molar-refractivity contribution in [3.8, 4) is 0 Å². The van der Waals surface area contributed by atoms with Gasteiger partial charge in [-0.2, -0.15) is 0 Å². The van der Waals surface area contributed by atoms with Crippen LogP contribution in [0, 0.1) is 0 Å². The number of aliphatic hydroxyl groups is 2. The molecule has 2 aromatic rings. The van der Waals surface area contributed by atoms with Gasteiger partial charge in [-0.25, -0.2) is 0 Å². The van der Waals surface area contributed by atoms with E-state index in [1.165, 1.54) is 77.0 Å². The van der Waals surface area contributed by atoms with Crippen LogP contribution in [0.5, 0.6) is 0 Å². The Morgan fingerprint density at radius 2 is 0.695 bits per heavy atom. The van der Waals surface area contributed by atoms with Crippen LogP contribution in [0.15, 0.2) is 60.7 Å². The molecular formula is C50H82BaO8. The smallest absolute Gasteiger partial charge is 0.547 e. The van der Waals surface area contributed by atoms with Gasteiger partial charge >= 0.3 is 48.9 Å². The van der Waals surface area contributed by atoms with Crippen molar-refractivity contribution < 1.29 is 39.5 Å². The molecule has 0 fully saturated rings. The summed E-state index contributed by atoms with van der Waals surface area (Å²) in [6.07, 6.45) is 28.1. The van der Waals surface area contributed by atoms with Crippen LogP contribution < -0.4 is 10.2 Å². The largest absolute Gasteiger partial charge is 2.00 e. The Labute approximate surface area is 400 Å². The molecule has 4 atom stereocenters. The summed E-state index contributed by atoms with van der Waals surface area (Å²) in [5.41, 5.74) is 1.96.